The molecule has 99 valence electrons. The molecule has 0 aliphatic carbocycles. The quantitative estimate of drug-likeness (QED) is 0.624. The van der Waals surface area contributed by atoms with Crippen molar-refractivity contribution in [1.29, 1.82) is 0 Å². The van der Waals surface area contributed by atoms with Gasteiger partial charge in [-0.15, -0.1) is 0 Å². The maximum absolute atomic E-state index is 12.4. The van der Waals surface area contributed by atoms with Gasteiger partial charge in [0.05, 0.1) is 14.2 Å². The van der Waals surface area contributed by atoms with Gasteiger partial charge in [0, 0.05) is 18.9 Å². The van der Waals surface area contributed by atoms with Gasteiger partial charge in [0.1, 0.15) is 17.1 Å². The number of ether oxygens (including phenoxy) is 2. The monoisotopic (exact) mass is 281 g/mol. The molecule has 2 rings (SSSR count). The van der Waals surface area contributed by atoms with Crippen LogP contribution in [0.25, 0.3) is 0 Å². The van der Waals surface area contributed by atoms with Crippen molar-refractivity contribution < 1.29 is 14.3 Å². The molecule has 0 heterocycles. The number of carbonyl (C=O) groups is 1. The molecule has 0 N–H and O–H groups in total. The summed E-state index contributed by atoms with van der Waals surface area (Å²) in [4.78, 5) is 12.4. The zero-order valence-corrected chi connectivity index (χ0v) is 12.8. The fraction of sp³-hybridized carbons (Fsp3) is 0.133. The topological polar surface area (TPSA) is 35.5 Å². The van der Waals surface area contributed by atoms with Crippen LogP contribution in [-0.4, -0.2) is 38.6 Å². The van der Waals surface area contributed by atoms with E-state index in [1.165, 1.54) is 0 Å². The SMILES string of the molecule is COc1cccc(OC)c1C(=O)Pc1ccccc1.[Li]. The fourth-order valence-electron chi connectivity index (χ4n) is 1.79. The third kappa shape index (κ3) is 3.87. The van der Waals surface area contributed by atoms with E-state index in [9.17, 15) is 4.79 Å². The van der Waals surface area contributed by atoms with Crippen molar-refractivity contribution >= 4 is 38.3 Å². The Bertz CT molecular complexity index is 550. The number of carbonyl (C=O) groups excluding carboxylic acids is 1. The van der Waals surface area contributed by atoms with Crippen LogP contribution in [-0.2, 0) is 0 Å². The smallest absolute Gasteiger partial charge is 0.193 e. The first-order valence-electron chi connectivity index (χ1n) is 5.83. The van der Waals surface area contributed by atoms with Gasteiger partial charge in [-0.25, -0.2) is 0 Å². The van der Waals surface area contributed by atoms with Gasteiger partial charge in [-0.05, 0) is 26.0 Å². The molecule has 1 unspecified atom stereocenters. The zero-order chi connectivity index (χ0) is 13.7. The molecule has 1 atom stereocenters. The molecule has 5 heteroatoms. The molecule has 0 aromatic heterocycles. The summed E-state index contributed by atoms with van der Waals surface area (Å²) in [5.74, 6) is 1.10. The Morgan fingerprint density at radius 3 is 1.95 bits per heavy atom. The van der Waals surface area contributed by atoms with Crippen molar-refractivity contribution in [1.82, 2.24) is 0 Å². The van der Waals surface area contributed by atoms with Crippen LogP contribution in [0.5, 0.6) is 11.5 Å². The average Bonchev–Trinajstić information content (AvgIpc) is 2.47. The molecular weight excluding hydrogens is 266 g/mol. The number of methoxy groups -OCH3 is 2. The first kappa shape index (κ1) is 16.8. The summed E-state index contributed by atoms with van der Waals surface area (Å²) in [5, 5.41) is 1.00. The summed E-state index contributed by atoms with van der Waals surface area (Å²) in [7, 11) is 3.16. The minimum atomic E-state index is 0. The van der Waals surface area contributed by atoms with Gasteiger partial charge in [-0.3, -0.25) is 4.79 Å². The molecule has 3 nitrogen and oxygen atoms in total. The van der Waals surface area contributed by atoms with Crippen LogP contribution in [0, 0.1) is 0 Å². The maximum Gasteiger partial charge on any atom is 0.193 e. The van der Waals surface area contributed by atoms with Gasteiger partial charge in [0.2, 0.25) is 0 Å². The predicted octanol–water partition coefficient (Wildman–Crippen LogP) is 2.47. The first-order valence-corrected chi connectivity index (χ1v) is 6.83. The third-order valence-corrected chi connectivity index (χ3v) is 3.79. The fourth-order valence-corrected chi connectivity index (χ4v) is 2.78. The van der Waals surface area contributed by atoms with Crippen LogP contribution in [0.4, 0.5) is 0 Å². The Morgan fingerprint density at radius 2 is 1.45 bits per heavy atom. The van der Waals surface area contributed by atoms with Crippen LogP contribution in [0.1, 0.15) is 10.4 Å². The number of rotatable bonds is 5. The van der Waals surface area contributed by atoms with E-state index in [0.717, 1.165) is 5.30 Å². The van der Waals surface area contributed by atoms with Crippen molar-refractivity contribution in [3.8, 4) is 11.5 Å². The van der Waals surface area contributed by atoms with E-state index in [1.807, 2.05) is 30.3 Å². The summed E-state index contributed by atoms with van der Waals surface area (Å²) in [6, 6.07) is 15.0. The van der Waals surface area contributed by atoms with E-state index in [2.05, 4.69) is 0 Å². The van der Waals surface area contributed by atoms with Crippen molar-refractivity contribution in [2.45, 2.75) is 0 Å². The van der Waals surface area contributed by atoms with Crippen LogP contribution in [0.2, 0.25) is 0 Å². The van der Waals surface area contributed by atoms with Gasteiger partial charge < -0.3 is 9.47 Å². The van der Waals surface area contributed by atoms with Crippen LogP contribution >= 0.6 is 8.58 Å². The largest absolute Gasteiger partial charge is 0.496 e. The van der Waals surface area contributed by atoms with E-state index < -0.39 is 0 Å². The normalized spacial score (nSPS) is 10.1. The summed E-state index contributed by atoms with van der Waals surface area (Å²) in [5.41, 5.74) is 0.523. The molecule has 0 saturated heterocycles. The summed E-state index contributed by atoms with van der Waals surface area (Å²) in [6.45, 7) is 0. The molecule has 0 fully saturated rings. The van der Waals surface area contributed by atoms with Crippen molar-refractivity contribution in [2.24, 2.45) is 0 Å². The molecule has 0 bridgehead atoms. The summed E-state index contributed by atoms with van der Waals surface area (Å²) >= 11 is 0. The van der Waals surface area contributed by atoms with Gasteiger partial charge >= 0.3 is 0 Å². The molecule has 0 amide bonds. The van der Waals surface area contributed by atoms with Crippen molar-refractivity contribution in [3.63, 3.8) is 0 Å². The second-order valence-corrected chi connectivity index (χ2v) is 5.14. The molecule has 0 saturated carbocycles. The molecular formula is C15H15LiO3P. The van der Waals surface area contributed by atoms with E-state index >= 15 is 0 Å². The van der Waals surface area contributed by atoms with E-state index in [0.29, 0.717) is 17.1 Å². The average molecular weight is 281 g/mol. The number of benzene rings is 2. The zero-order valence-electron chi connectivity index (χ0n) is 11.8. The standard InChI is InChI=1S/C15H15O3P.Li/c1-17-12-9-6-10-13(18-2)14(12)15(16)19-11-7-4-3-5-8-11;/h3-10,19H,1-2H3;. The minimum absolute atomic E-state index is 0. The van der Waals surface area contributed by atoms with Crippen LogP contribution in [0.3, 0.4) is 0 Å². The van der Waals surface area contributed by atoms with Crippen molar-refractivity contribution in [3.05, 3.63) is 54.1 Å². The minimum Gasteiger partial charge on any atom is -0.496 e. The second kappa shape index (κ2) is 8.12. The summed E-state index contributed by atoms with van der Waals surface area (Å²) in [6.07, 6.45) is 0. The maximum atomic E-state index is 12.4. The van der Waals surface area contributed by atoms with E-state index in [-0.39, 0.29) is 33.0 Å². The molecule has 2 aromatic rings. The Morgan fingerprint density at radius 1 is 0.900 bits per heavy atom. The van der Waals surface area contributed by atoms with Gasteiger partial charge in [-0.2, -0.15) is 0 Å². The Balaban J connectivity index is 0.00000200. The van der Waals surface area contributed by atoms with E-state index in [1.54, 1.807) is 32.4 Å². The molecule has 0 aliphatic heterocycles. The van der Waals surface area contributed by atoms with Crippen LogP contribution < -0.4 is 14.8 Å². The van der Waals surface area contributed by atoms with Gasteiger partial charge in [-0.1, -0.05) is 36.4 Å². The molecule has 0 aliphatic rings. The van der Waals surface area contributed by atoms with Gasteiger partial charge in [0.15, 0.2) is 5.52 Å². The number of hydrogen-bond donors (Lipinski definition) is 0. The Kier molecular flexibility index (Phi) is 6.82. The predicted molar refractivity (Wildman–Crippen MR) is 84.0 cm³/mol. The van der Waals surface area contributed by atoms with E-state index in [4.69, 9.17) is 9.47 Å². The van der Waals surface area contributed by atoms with Gasteiger partial charge in [0.25, 0.3) is 0 Å². The second-order valence-electron chi connectivity index (χ2n) is 3.86. The van der Waals surface area contributed by atoms with Crippen LogP contribution in [0.15, 0.2) is 48.5 Å². The Hall–Kier alpha value is -1.26. The molecule has 20 heavy (non-hydrogen) atoms. The van der Waals surface area contributed by atoms with Crippen molar-refractivity contribution in [2.75, 3.05) is 14.2 Å². The molecule has 1 radical (unpaired) electrons. The third-order valence-electron chi connectivity index (χ3n) is 2.69. The molecule has 2 aromatic carbocycles. The summed E-state index contributed by atoms with van der Waals surface area (Å²) < 4.78 is 10.5. The molecule has 0 spiro atoms. The first-order chi connectivity index (χ1) is 9.26. The number of hydrogen-bond acceptors (Lipinski definition) is 3. The Labute approximate surface area is 132 Å².